The molecule has 0 aliphatic carbocycles. The summed E-state index contributed by atoms with van der Waals surface area (Å²) in [6, 6.07) is 10.7. The first-order valence-electron chi connectivity index (χ1n) is 8.86. The highest BCUT2D eigenvalue weighted by Gasteiger charge is 2.42. The number of benzene rings is 1. The predicted octanol–water partition coefficient (Wildman–Crippen LogP) is 2.80. The Balaban J connectivity index is 1.45. The summed E-state index contributed by atoms with van der Waals surface area (Å²) in [5.74, 6) is 0.903. The summed E-state index contributed by atoms with van der Waals surface area (Å²) in [4.78, 5) is 21.9. The van der Waals surface area contributed by atoms with Gasteiger partial charge in [-0.2, -0.15) is 0 Å². The standard InChI is InChI=1S/C20H21N3O/c24-20-18-10-15(16-2-1-7-21-11-16)3-4-17(18)12-23(20)19-13-22-8-5-14(19)6-9-22/h1-4,7,10-11,14,19H,5-6,8-9,12-13H2/t19-/m0/s1. The molecule has 6 rings (SSSR count). The first kappa shape index (κ1) is 14.2. The number of pyridine rings is 1. The Morgan fingerprint density at radius 1 is 1.08 bits per heavy atom. The van der Waals surface area contributed by atoms with Gasteiger partial charge in [0.25, 0.3) is 5.91 Å². The minimum Gasteiger partial charge on any atom is -0.330 e. The number of rotatable bonds is 2. The molecule has 0 spiro atoms. The van der Waals surface area contributed by atoms with E-state index >= 15 is 0 Å². The van der Waals surface area contributed by atoms with Gasteiger partial charge in [-0.05, 0) is 55.1 Å². The molecule has 122 valence electrons. The summed E-state index contributed by atoms with van der Waals surface area (Å²) in [6.45, 7) is 4.25. The highest BCUT2D eigenvalue weighted by Crippen LogP contribution is 2.36. The zero-order valence-electron chi connectivity index (χ0n) is 13.7. The zero-order chi connectivity index (χ0) is 16.1. The van der Waals surface area contributed by atoms with Crippen molar-refractivity contribution < 1.29 is 4.79 Å². The maximum Gasteiger partial charge on any atom is 0.254 e. The van der Waals surface area contributed by atoms with Crippen LogP contribution >= 0.6 is 0 Å². The number of hydrogen-bond acceptors (Lipinski definition) is 3. The van der Waals surface area contributed by atoms with Gasteiger partial charge in [-0.25, -0.2) is 0 Å². The Kier molecular flexibility index (Phi) is 3.20. The van der Waals surface area contributed by atoms with E-state index in [1.165, 1.54) is 31.5 Å². The Morgan fingerprint density at radius 3 is 2.67 bits per heavy atom. The smallest absolute Gasteiger partial charge is 0.254 e. The van der Waals surface area contributed by atoms with E-state index in [9.17, 15) is 4.79 Å². The van der Waals surface area contributed by atoms with Crippen LogP contribution in [0.4, 0.5) is 0 Å². The van der Waals surface area contributed by atoms with E-state index in [2.05, 4.69) is 33.0 Å². The van der Waals surface area contributed by atoms with E-state index in [1.807, 2.05) is 18.3 Å². The first-order chi connectivity index (χ1) is 11.8. The Hall–Kier alpha value is -2.20. The molecule has 0 N–H and O–H groups in total. The van der Waals surface area contributed by atoms with Gasteiger partial charge >= 0.3 is 0 Å². The Morgan fingerprint density at radius 2 is 1.96 bits per heavy atom. The lowest BCUT2D eigenvalue weighted by Crippen LogP contribution is -2.57. The van der Waals surface area contributed by atoms with Crippen molar-refractivity contribution >= 4 is 5.91 Å². The van der Waals surface area contributed by atoms with E-state index < -0.39 is 0 Å². The minimum atomic E-state index is 0.217. The van der Waals surface area contributed by atoms with Crippen LogP contribution in [-0.2, 0) is 6.54 Å². The Bertz CT molecular complexity index is 781. The molecule has 0 radical (unpaired) electrons. The van der Waals surface area contributed by atoms with Crippen LogP contribution in [-0.4, -0.2) is 46.4 Å². The summed E-state index contributed by atoms with van der Waals surface area (Å²) in [7, 11) is 0. The highest BCUT2D eigenvalue weighted by atomic mass is 16.2. The molecule has 3 fully saturated rings. The normalized spacial score (nSPS) is 28.2. The molecule has 0 saturated carbocycles. The number of hydrogen-bond donors (Lipinski definition) is 0. The molecule has 0 unspecified atom stereocenters. The zero-order valence-corrected chi connectivity index (χ0v) is 13.7. The van der Waals surface area contributed by atoms with Crippen LogP contribution in [0.3, 0.4) is 0 Å². The van der Waals surface area contributed by atoms with Crippen molar-refractivity contribution in [1.29, 1.82) is 0 Å². The van der Waals surface area contributed by atoms with Gasteiger partial charge in [0.15, 0.2) is 0 Å². The van der Waals surface area contributed by atoms with Crippen LogP contribution in [0.5, 0.6) is 0 Å². The van der Waals surface area contributed by atoms with E-state index in [-0.39, 0.29) is 5.91 Å². The number of piperidine rings is 3. The van der Waals surface area contributed by atoms with E-state index in [1.54, 1.807) is 6.20 Å². The van der Waals surface area contributed by atoms with E-state index in [0.29, 0.717) is 12.0 Å². The third kappa shape index (κ3) is 2.17. The molecule has 4 heteroatoms. The van der Waals surface area contributed by atoms with Crippen LogP contribution in [0.2, 0.25) is 0 Å². The second-order valence-electron chi connectivity index (χ2n) is 7.25. The molecule has 1 atom stereocenters. The molecular weight excluding hydrogens is 298 g/mol. The number of nitrogens with zero attached hydrogens (tertiary/aromatic N) is 3. The van der Waals surface area contributed by atoms with Crippen LogP contribution < -0.4 is 0 Å². The first-order valence-corrected chi connectivity index (χ1v) is 8.86. The molecular formula is C20H21N3O. The van der Waals surface area contributed by atoms with Gasteiger partial charge in [0.05, 0.1) is 0 Å². The third-order valence-electron chi connectivity index (χ3n) is 5.96. The van der Waals surface area contributed by atoms with E-state index in [0.717, 1.165) is 29.8 Å². The molecule has 1 aromatic heterocycles. The summed E-state index contributed by atoms with van der Waals surface area (Å²) >= 11 is 0. The fourth-order valence-corrected chi connectivity index (χ4v) is 4.59. The second-order valence-corrected chi connectivity index (χ2v) is 7.25. The van der Waals surface area contributed by atoms with Crippen LogP contribution in [0.25, 0.3) is 11.1 Å². The lowest BCUT2D eigenvalue weighted by atomic mass is 9.83. The van der Waals surface area contributed by atoms with Gasteiger partial charge in [0.1, 0.15) is 0 Å². The highest BCUT2D eigenvalue weighted by molar-refractivity contribution is 5.99. The number of amides is 1. The largest absolute Gasteiger partial charge is 0.330 e. The lowest BCUT2D eigenvalue weighted by molar-refractivity contribution is 0.00846. The molecule has 4 aliphatic rings. The molecule has 4 nitrogen and oxygen atoms in total. The SMILES string of the molecule is O=C1c2cc(-c3cccnc3)ccc2CN1[C@H]1CN2CCC1CC2. The average molecular weight is 319 g/mol. The molecule has 3 saturated heterocycles. The van der Waals surface area contributed by atoms with Crippen molar-refractivity contribution in [3.8, 4) is 11.1 Å². The molecule has 4 aliphatic heterocycles. The van der Waals surface area contributed by atoms with Crippen molar-refractivity contribution in [3.63, 3.8) is 0 Å². The summed E-state index contributed by atoms with van der Waals surface area (Å²) in [5, 5.41) is 0. The third-order valence-corrected chi connectivity index (χ3v) is 5.96. The average Bonchev–Trinajstić information content (AvgIpc) is 2.99. The van der Waals surface area contributed by atoms with Crippen molar-refractivity contribution in [2.75, 3.05) is 19.6 Å². The number of fused-ring (bicyclic) bond motifs is 4. The van der Waals surface area contributed by atoms with Gasteiger partial charge in [0.2, 0.25) is 0 Å². The molecule has 5 heterocycles. The minimum absolute atomic E-state index is 0.217. The van der Waals surface area contributed by atoms with Crippen molar-refractivity contribution in [1.82, 2.24) is 14.8 Å². The maximum atomic E-state index is 13.0. The fourth-order valence-electron chi connectivity index (χ4n) is 4.59. The predicted molar refractivity (Wildman–Crippen MR) is 92.5 cm³/mol. The van der Waals surface area contributed by atoms with Gasteiger partial charge in [-0.1, -0.05) is 18.2 Å². The number of carbonyl (C=O) groups is 1. The Labute approximate surface area is 142 Å². The second kappa shape index (κ2) is 5.42. The van der Waals surface area contributed by atoms with Crippen LogP contribution in [0.15, 0.2) is 42.7 Å². The molecule has 2 aromatic rings. The van der Waals surface area contributed by atoms with Crippen molar-refractivity contribution in [3.05, 3.63) is 53.9 Å². The van der Waals surface area contributed by atoms with Crippen LogP contribution in [0.1, 0.15) is 28.8 Å². The van der Waals surface area contributed by atoms with Gasteiger partial charge < -0.3 is 9.80 Å². The van der Waals surface area contributed by atoms with Crippen molar-refractivity contribution in [2.24, 2.45) is 5.92 Å². The van der Waals surface area contributed by atoms with Crippen molar-refractivity contribution in [2.45, 2.75) is 25.4 Å². The maximum absolute atomic E-state index is 13.0. The lowest BCUT2D eigenvalue weighted by Gasteiger charge is -2.48. The molecule has 1 amide bonds. The molecule has 1 aromatic carbocycles. The van der Waals surface area contributed by atoms with Crippen LogP contribution in [0, 0.1) is 5.92 Å². The van der Waals surface area contributed by atoms with E-state index in [4.69, 9.17) is 0 Å². The summed E-state index contributed by atoms with van der Waals surface area (Å²) in [6.07, 6.45) is 6.11. The fraction of sp³-hybridized carbons (Fsp3) is 0.400. The van der Waals surface area contributed by atoms with Gasteiger partial charge in [0, 0.05) is 42.7 Å². The number of carbonyl (C=O) groups excluding carboxylic acids is 1. The monoisotopic (exact) mass is 319 g/mol. The summed E-state index contributed by atoms with van der Waals surface area (Å²) < 4.78 is 0. The number of aromatic nitrogens is 1. The van der Waals surface area contributed by atoms with Gasteiger partial charge in [-0.15, -0.1) is 0 Å². The quantitative estimate of drug-likeness (QED) is 0.854. The summed E-state index contributed by atoms with van der Waals surface area (Å²) in [5.41, 5.74) is 4.19. The van der Waals surface area contributed by atoms with Gasteiger partial charge in [-0.3, -0.25) is 9.78 Å². The topological polar surface area (TPSA) is 36.4 Å². The molecule has 24 heavy (non-hydrogen) atoms. The molecule has 2 bridgehead atoms.